The van der Waals surface area contributed by atoms with Gasteiger partial charge in [-0.05, 0) is 39.7 Å². The summed E-state index contributed by atoms with van der Waals surface area (Å²) in [4.78, 5) is 0. The molecular formula is C13H22ClN3O. The second-order valence-corrected chi connectivity index (χ2v) is 5.34. The Labute approximate surface area is 114 Å². The Morgan fingerprint density at radius 2 is 2.33 bits per heavy atom. The molecule has 0 radical (unpaired) electrons. The average molecular weight is 272 g/mol. The van der Waals surface area contributed by atoms with Gasteiger partial charge in [0.1, 0.15) is 5.15 Å². The first-order chi connectivity index (χ1) is 8.63. The van der Waals surface area contributed by atoms with Crippen LogP contribution < -0.4 is 5.32 Å². The molecule has 2 heterocycles. The molecule has 0 amide bonds. The summed E-state index contributed by atoms with van der Waals surface area (Å²) in [6.45, 7) is 2.89. The van der Waals surface area contributed by atoms with Crippen LogP contribution in [0.5, 0.6) is 0 Å². The number of ether oxygens (including phenoxy) is 1. The van der Waals surface area contributed by atoms with Crippen LogP contribution in [0, 0.1) is 6.92 Å². The maximum absolute atomic E-state index is 6.29. The highest BCUT2D eigenvalue weighted by molar-refractivity contribution is 6.30. The first-order valence-corrected chi connectivity index (χ1v) is 6.98. The number of nitrogens with zero attached hydrogens (tertiary/aromatic N) is 2. The van der Waals surface area contributed by atoms with Gasteiger partial charge in [-0.25, -0.2) is 0 Å². The molecule has 5 heteroatoms. The summed E-state index contributed by atoms with van der Waals surface area (Å²) in [6.07, 6.45) is 4.73. The summed E-state index contributed by atoms with van der Waals surface area (Å²) in [7, 11) is 3.87. The smallest absolute Gasteiger partial charge is 0.130 e. The lowest BCUT2D eigenvalue weighted by Gasteiger charge is -2.30. The summed E-state index contributed by atoms with van der Waals surface area (Å²) in [5, 5.41) is 8.46. The van der Waals surface area contributed by atoms with Crippen molar-refractivity contribution in [2.24, 2.45) is 7.05 Å². The Bertz CT molecular complexity index is 399. The van der Waals surface area contributed by atoms with Crippen molar-refractivity contribution in [3.05, 3.63) is 16.4 Å². The van der Waals surface area contributed by atoms with Crippen LogP contribution in [0.25, 0.3) is 0 Å². The van der Waals surface area contributed by atoms with Gasteiger partial charge >= 0.3 is 0 Å². The second-order valence-electron chi connectivity index (χ2n) is 4.98. The highest BCUT2D eigenvalue weighted by atomic mass is 35.5. The van der Waals surface area contributed by atoms with E-state index in [1.165, 1.54) is 12.8 Å². The van der Waals surface area contributed by atoms with Crippen LogP contribution in [-0.4, -0.2) is 35.6 Å². The minimum atomic E-state index is 0.291. The molecule has 0 aliphatic carbocycles. The largest absolute Gasteiger partial charge is 0.377 e. The van der Waals surface area contributed by atoms with Gasteiger partial charge in [-0.1, -0.05) is 11.6 Å². The molecule has 0 saturated carbocycles. The fourth-order valence-electron chi connectivity index (χ4n) is 2.63. The number of rotatable bonds is 4. The van der Waals surface area contributed by atoms with Crippen molar-refractivity contribution in [3.8, 4) is 0 Å². The highest BCUT2D eigenvalue weighted by Crippen LogP contribution is 2.24. The maximum Gasteiger partial charge on any atom is 0.130 e. The maximum atomic E-state index is 6.29. The molecule has 1 aromatic heterocycles. The molecule has 0 bridgehead atoms. The Morgan fingerprint density at radius 3 is 2.83 bits per heavy atom. The second kappa shape index (κ2) is 6.04. The van der Waals surface area contributed by atoms with Gasteiger partial charge in [0, 0.05) is 25.3 Å². The van der Waals surface area contributed by atoms with Crippen molar-refractivity contribution < 1.29 is 4.74 Å². The van der Waals surface area contributed by atoms with E-state index >= 15 is 0 Å². The normalized spacial score (nSPS) is 22.1. The minimum absolute atomic E-state index is 0.291. The zero-order valence-electron chi connectivity index (χ0n) is 11.4. The van der Waals surface area contributed by atoms with Crippen molar-refractivity contribution in [2.45, 2.75) is 44.8 Å². The standard InChI is InChI=1S/C13H22ClN3O/c1-9-10(13(14)17(3)16-9)8-11(15-2)12-6-4-5-7-18-12/h11-12,15H,4-8H2,1-3H3. The average Bonchev–Trinajstić information content (AvgIpc) is 2.62. The molecule has 0 spiro atoms. The van der Waals surface area contributed by atoms with Crippen molar-refractivity contribution in [2.75, 3.05) is 13.7 Å². The molecular weight excluding hydrogens is 250 g/mol. The fourth-order valence-corrected chi connectivity index (χ4v) is 2.88. The van der Waals surface area contributed by atoms with E-state index in [0.29, 0.717) is 12.1 Å². The van der Waals surface area contributed by atoms with Gasteiger partial charge in [-0.2, -0.15) is 5.10 Å². The molecule has 2 rings (SSSR count). The van der Waals surface area contributed by atoms with Gasteiger partial charge in [0.25, 0.3) is 0 Å². The van der Waals surface area contributed by atoms with Gasteiger partial charge in [0.2, 0.25) is 0 Å². The summed E-state index contributed by atoms with van der Waals surface area (Å²) in [5.74, 6) is 0. The molecule has 4 nitrogen and oxygen atoms in total. The minimum Gasteiger partial charge on any atom is -0.377 e. The number of hydrogen-bond acceptors (Lipinski definition) is 3. The number of likely N-dealkylation sites (N-methyl/N-ethyl adjacent to an activating group) is 1. The number of halogens is 1. The van der Waals surface area contributed by atoms with Crippen LogP contribution in [0.4, 0.5) is 0 Å². The quantitative estimate of drug-likeness (QED) is 0.911. The van der Waals surface area contributed by atoms with E-state index in [2.05, 4.69) is 10.4 Å². The van der Waals surface area contributed by atoms with Crippen molar-refractivity contribution >= 4 is 11.6 Å². The van der Waals surface area contributed by atoms with Gasteiger partial charge in [0.05, 0.1) is 11.8 Å². The Morgan fingerprint density at radius 1 is 1.56 bits per heavy atom. The molecule has 1 aromatic rings. The molecule has 1 saturated heterocycles. The van der Waals surface area contributed by atoms with E-state index < -0.39 is 0 Å². The lowest BCUT2D eigenvalue weighted by molar-refractivity contribution is -0.00589. The summed E-state index contributed by atoms with van der Waals surface area (Å²) >= 11 is 6.29. The van der Waals surface area contributed by atoms with Crippen molar-refractivity contribution in [3.63, 3.8) is 0 Å². The van der Waals surface area contributed by atoms with Crippen molar-refractivity contribution in [1.29, 1.82) is 0 Å². The molecule has 2 atom stereocenters. The van der Waals surface area contributed by atoms with E-state index in [4.69, 9.17) is 16.3 Å². The summed E-state index contributed by atoms with van der Waals surface area (Å²) in [5.41, 5.74) is 2.14. The third-order valence-electron chi connectivity index (χ3n) is 3.73. The number of aryl methyl sites for hydroxylation is 2. The van der Waals surface area contributed by atoms with E-state index in [1.807, 2.05) is 21.0 Å². The molecule has 2 unspecified atom stereocenters. The van der Waals surface area contributed by atoms with Gasteiger partial charge in [-0.3, -0.25) is 4.68 Å². The molecule has 1 aliphatic rings. The van der Waals surface area contributed by atoms with E-state index in [9.17, 15) is 0 Å². The number of hydrogen-bond donors (Lipinski definition) is 1. The fraction of sp³-hybridized carbons (Fsp3) is 0.769. The van der Waals surface area contributed by atoms with Gasteiger partial charge in [0.15, 0.2) is 0 Å². The van der Waals surface area contributed by atoms with E-state index in [1.54, 1.807) is 4.68 Å². The SMILES string of the molecule is CNC(Cc1c(C)nn(C)c1Cl)C1CCCCO1. The summed E-state index contributed by atoms with van der Waals surface area (Å²) in [6, 6.07) is 0.311. The number of aromatic nitrogens is 2. The van der Waals surface area contributed by atoms with Crippen molar-refractivity contribution in [1.82, 2.24) is 15.1 Å². The van der Waals surface area contributed by atoms with Crippen LogP contribution in [0.2, 0.25) is 5.15 Å². The van der Waals surface area contributed by atoms with Crippen LogP contribution in [-0.2, 0) is 18.2 Å². The zero-order valence-corrected chi connectivity index (χ0v) is 12.1. The first-order valence-electron chi connectivity index (χ1n) is 6.60. The highest BCUT2D eigenvalue weighted by Gasteiger charge is 2.25. The molecule has 1 aliphatic heterocycles. The van der Waals surface area contributed by atoms with Crippen LogP contribution in [0.1, 0.15) is 30.5 Å². The topological polar surface area (TPSA) is 39.1 Å². The Kier molecular flexibility index (Phi) is 4.65. The number of nitrogens with one attached hydrogen (secondary N) is 1. The summed E-state index contributed by atoms with van der Waals surface area (Å²) < 4.78 is 7.59. The monoisotopic (exact) mass is 271 g/mol. The molecule has 102 valence electrons. The Hall–Kier alpha value is -0.580. The molecule has 18 heavy (non-hydrogen) atoms. The van der Waals surface area contributed by atoms with E-state index in [0.717, 1.165) is 35.9 Å². The molecule has 1 N–H and O–H groups in total. The third-order valence-corrected chi connectivity index (χ3v) is 4.20. The van der Waals surface area contributed by atoms with Crippen LogP contribution >= 0.6 is 11.6 Å². The lowest BCUT2D eigenvalue weighted by atomic mass is 9.96. The van der Waals surface area contributed by atoms with Crippen LogP contribution in [0.3, 0.4) is 0 Å². The molecule has 1 fully saturated rings. The van der Waals surface area contributed by atoms with Gasteiger partial charge in [-0.15, -0.1) is 0 Å². The first kappa shape index (κ1) is 13.8. The molecule has 0 aromatic carbocycles. The zero-order chi connectivity index (χ0) is 13.1. The van der Waals surface area contributed by atoms with Crippen LogP contribution in [0.15, 0.2) is 0 Å². The van der Waals surface area contributed by atoms with Gasteiger partial charge < -0.3 is 10.1 Å². The Balaban J connectivity index is 2.09. The van der Waals surface area contributed by atoms with E-state index in [-0.39, 0.29) is 0 Å². The third kappa shape index (κ3) is 2.87. The predicted molar refractivity (Wildman–Crippen MR) is 73.1 cm³/mol. The predicted octanol–water partition coefficient (Wildman–Crippen LogP) is 2.08. The lowest BCUT2D eigenvalue weighted by Crippen LogP contribution is -2.42.